The zero-order valence-corrected chi connectivity index (χ0v) is 6.90. The molecule has 0 bridgehead atoms. The molecular weight excluding hydrogens is 166 g/mol. The zero-order valence-electron chi connectivity index (χ0n) is 6.90. The molecule has 0 saturated heterocycles. The van der Waals surface area contributed by atoms with Gasteiger partial charge >= 0.3 is 0 Å². The number of hydrogen-bond donors (Lipinski definition) is 2. The van der Waals surface area contributed by atoms with Gasteiger partial charge in [-0.1, -0.05) is 12.1 Å². The maximum absolute atomic E-state index is 11.4. The summed E-state index contributed by atoms with van der Waals surface area (Å²) in [7, 11) is 0. The molecule has 0 aliphatic carbocycles. The molecule has 3 N–H and O–H groups in total. The van der Waals surface area contributed by atoms with Crippen molar-refractivity contribution in [2.75, 3.05) is 5.53 Å². The fraction of sp³-hybridized carbons (Fsp3) is 0. The SMILES string of the molecule is NNn1ccc(=O)c2ccccc21. The monoisotopic (exact) mass is 175 g/mol. The predicted molar refractivity (Wildman–Crippen MR) is 51.8 cm³/mol. The van der Waals surface area contributed by atoms with Crippen molar-refractivity contribution in [2.45, 2.75) is 0 Å². The molecule has 4 nitrogen and oxygen atoms in total. The molecule has 0 amide bonds. The van der Waals surface area contributed by atoms with Crippen molar-refractivity contribution < 1.29 is 0 Å². The van der Waals surface area contributed by atoms with Gasteiger partial charge in [-0.25, -0.2) is 5.84 Å². The van der Waals surface area contributed by atoms with Crippen molar-refractivity contribution in [3.05, 3.63) is 46.8 Å². The van der Waals surface area contributed by atoms with E-state index in [2.05, 4.69) is 5.53 Å². The molecule has 2 rings (SSSR count). The number of nitrogens with two attached hydrogens (primary N) is 1. The quantitative estimate of drug-likeness (QED) is 0.487. The van der Waals surface area contributed by atoms with Crippen LogP contribution in [0.4, 0.5) is 0 Å². The second kappa shape index (κ2) is 2.91. The van der Waals surface area contributed by atoms with E-state index >= 15 is 0 Å². The summed E-state index contributed by atoms with van der Waals surface area (Å²) >= 11 is 0. The Kier molecular flexibility index (Phi) is 1.75. The minimum Gasteiger partial charge on any atom is -0.289 e. The first-order valence-corrected chi connectivity index (χ1v) is 3.90. The van der Waals surface area contributed by atoms with E-state index in [0.717, 1.165) is 5.52 Å². The van der Waals surface area contributed by atoms with Gasteiger partial charge in [0.25, 0.3) is 0 Å². The first-order chi connectivity index (χ1) is 6.33. The largest absolute Gasteiger partial charge is 0.289 e. The smallest absolute Gasteiger partial charge is 0.189 e. The van der Waals surface area contributed by atoms with Crippen LogP contribution in [0.5, 0.6) is 0 Å². The van der Waals surface area contributed by atoms with E-state index in [4.69, 9.17) is 5.84 Å². The first-order valence-electron chi connectivity index (χ1n) is 3.90. The number of hydrogen-bond acceptors (Lipinski definition) is 3. The molecule has 4 heteroatoms. The van der Waals surface area contributed by atoms with Crippen molar-refractivity contribution in [3.63, 3.8) is 0 Å². The first kappa shape index (κ1) is 7.82. The van der Waals surface area contributed by atoms with Crippen molar-refractivity contribution in [1.82, 2.24) is 4.68 Å². The van der Waals surface area contributed by atoms with Crippen molar-refractivity contribution in [2.24, 2.45) is 5.84 Å². The molecular formula is C9H9N3O. The van der Waals surface area contributed by atoms with Crippen molar-refractivity contribution in [3.8, 4) is 0 Å². The van der Waals surface area contributed by atoms with Crippen LogP contribution in [0.1, 0.15) is 0 Å². The van der Waals surface area contributed by atoms with E-state index < -0.39 is 0 Å². The Bertz CT molecular complexity index is 489. The molecule has 66 valence electrons. The lowest BCUT2D eigenvalue weighted by Crippen LogP contribution is -2.23. The molecule has 13 heavy (non-hydrogen) atoms. The Morgan fingerprint density at radius 1 is 1.23 bits per heavy atom. The lowest BCUT2D eigenvalue weighted by molar-refractivity contribution is 0.909. The maximum Gasteiger partial charge on any atom is 0.189 e. The summed E-state index contributed by atoms with van der Waals surface area (Å²) < 4.78 is 1.59. The van der Waals surface area contributed by atoms with Crippen LogP contribution in [0.2, 0.25) is 0 Å². The van der Waals surface area contributed by atoms with E-state index in [-0.39, 0.29) is 5.43 Å². The van der Waals surface area contributed by atoms with Gasteiger partial charge in [0, 0.05) is 17.6 Å². The van der Waals surface area contributed by atoms with Gasteiger partial charge in [0.2, 0.25) is 0 Å². The second-order valence-corrected chi connectivity index (χ2v) is 2.70. The topological polar surface area (TPSA) is 60.0 Å². The van der Waals surface area contributed by atoms with Gasteiger partial charge in [-0.15, -0.1) is 0 Å². The summed E-state index contributed by atoms with van der Waals surface area (Å²) in [5.74, 6) is 5.28. The number of nitrogens with one attached hydrogen (secondary N) is 1. The van der Waals surface area contributed by atoms with E-state index in [0.29, 0.717) is 5.39 Å². The molecule has 0 unspecified atom stereocenters. The maximum atomic E-state index is 11.4. The Hall–Kier alpha value is -1.81. The number of hydrazine groups is 1. The number of pyridine rings is 1. The molecule has 1 aromatic carbocycles. The average Bonchev–Trinajstić information content (AvgIpc) is 2.19. The Morgan fingerprint density at radius 2 is 2.00 bits per heavy atom. The van der Waals surface area contributed by atoms with Crippen molar-refractivity contribution in [1.29, 1.82) is 0 Å². The zero-order chi connectivity index (χ0) is 9.26. The number of nitrogens with zero attached hydrogens (tertiary/aromatic N) is 1. The van der Waals surface area contributed by atoms with Crippen LogP contribution in [0, 0.1) is 0 Å². The van der Waals surface area contributed by atoms with Crippen LogP contribution < -0.4 is 16.8 Å². The molecule has 0 aliphatic heterocycles. The summed E-state index contributed by atoms with van der Waals surface area (Å²) in [5.41, 5.74) is 3.25. The van der Waals surface area contributed by atoms with Crippen LogP contribution in [0.25, 0.3) is 10.9 Å². The van der Waals surface area contributed by atoms with Gasteiger partial charge in [0.05, 0.1) is 5.52 Å². The van der Waals surface area contributed by atoms with E-state index in [1.54, 1.807) is 16.9 Å². The third-order valence-corrected chi connectivity index (χ3v) is 1.94. The number of para-hydroxylation sites is 1. The van der Waals surface area contributed by atoms with Crippen LogP contribution in [-0.4, -0.2) is 4.68 Å². The van der Waals surface area contributed by atoms with Gasteiger partial charge < -0.3 is 0 Å². The average molecular weight is 175 g/mol. The fourth-order valence-corrected chi connectivity index (χ4v) is 1.32. The van der Waals surface area contributed by atoms with Gasteiger partial charge in [-0.05, 0) is 12.1 Å². The van der Waals surface area contributed by atoms with Crippen LogP contribution in [0.3, 0.4) is 0 Å². The van der Waals surface area contributed by atoms with Crippen molar-refractivity contribution >= 4 is 10.9 Å². The predicted octanol–water partition coefficient (Wildman–Crippen LogP) is 0.419. The highest BCUT2D eigenvalue weighted by molar-refractivity contribution is 5.78. The number of benzene rings is 1. The molecule has 1 heterocycles. The summed E-state index contributed by atoms with van der Waals surface area (Å²) in [5, 5.41) is 0.656. The molecule has 1 aromatic heterocycles. The second-order valence-electron chi connectivity index (χ2n) is 2.70. The molecule has 0 saturated carbocycles. The van der Waals surface area contributed by atoms with Gasteiger partial charge in [-0.2, -0.15) is 0 Å². The number of rotatable bonds is 1. The molecule has 0 fully saturated rings. The normalized spacial score (nSPS) is 10.2. The number of nitrogen functional groups attached to an aromatic ring is 1. The minimum absolute atomic E-state index is 0.00194. The van der Waals surface area contributed by atoms with Gasteiger partial charge in [0.15, 0.2) is 5.43 Å². The molecule has 2 aromatic rings. The van der Waals surface area contributed by atoms with E-state index in [9.17, 15) is 4.79 Å². The van der Waals surface area contributed by atoms with Gasteiger partial charge in [-0.3, -0.25) is 15.0 Å². The Labute approximate surface area is 74.5 Å². The molecule has 0 atom stereocenters. The van der Waals surface area contributed by atoms with Gasteiger partial charge in [0.1, 0.15) is 0 Å². The minimum atomic E-state index is 0.00194. The fourth-order valence-electron chi connectivity index (χ4n) is 1.32. The highest BCUT2D eigenvalue weighted by Crippen LogP contribution is 2.06. The number of aromatic nitrogens is 1. The summed E-state index contributed by atoms with van der Waals surface area (Å²) in [6.45, 7) is 0. The van der Waals surface area contributed by atoms with E-state index in [1.165, 1.54) is 6.07 Å². The van der Waals surface area contributed by atoms with Crippen LogP contribution in [0.15, 0.2) is 41.3 Å². The summed E-state index contributed by atoms with van der Waals surface area (Å²) in [4.78, 5) is 11.4. The van der Waals surface area contributed by atoms with Crippen LogP contribution in [-0.2, 0) is 0 Å². The lowest BCUT2D eigenvalue weighted by Gasteiger charge is -2.07. The lowest BCUT2D eigenvalue weighted by atomic mass is 10.2. The summed E-state index contributed by atoms with van der Waals surface area (Å²) in [6.07, 6.45) is 1.60. The molecule has 0 spiro atoms. The third-order valence-electron chi connectivity index (χ3n) is 1.94. The molecule has 0 radical (unpaired) electrons. The van der Waals surface area contributed by atoms with E-state index in [1.807, 2.05) is 18.2 Å². The Balaban J connectivity index is 2.93. The highest BCUT2D eigenvalue weighted by atomic mass is 16.1. The Morgan fingerprint density at radius 3 is 2.77 bits per heavy atom. The van der Waals surface area contributed by atoms with Crippen LogP contribution >= 0.6 is 0 Å². The summed E-state index contributed by atoms with van der Waals surface area (Å²) in [6, 6.07) is 8.75. The number of fused-ring (bicyclic) bond motifs is 1. The highest BCUT2D eigenvalue weighted by Gasteiger charge is 1.98. The molecule has 0 aliphatic rings. The third kappa shape index (κ3) is 1.17. The standard InChI is InChI=1S/C9H9N3O/c10-11-12-6-5-9(13)7-3-1-2-4-8(7)12/h1-6,11H,10H2.